The molecule has 0 atom stereocenters. The van der Waals surface area contributed by atoms with Crippen LogP contribution < -0.4 is 0 Å². The van der Waals surface area contributed by atoms with Gasteiger partial charge in [0.15, 0.2) is 0 Å². The number of ether oxygens (including phenoxy) is 1. The quantitative estimate of drug-likeness (QED) is 0.371. The number of nitro benzene ring substituents is 1. The van der Waals surface area contributed by atoms with E-state index in [0.717, 1.165) is 13.2 Å². The van der Waals surface area contributed by atoms with E-state index in [9.17, 15) is 19.3 Å². The Morgan fingerprint density at radius 2 is 2.25 bits per heavy atom. The van der Waals surface area contributed by atoms with Crippen molar-refractivity contribution in [3.05, 3.63) is 39.2 Å². The summed E-state index contributed by atoms with van der Waals surface area (Å²) in [5.41, 5.74) is -0.511. The minimum absolute atomic E-state index is 0.121. The summed E-state index contributed by atoms with van der Waals surface area (Å²) in [5, 5.41) is 10.6. The molecule has 0 amide bonds. The molecule has 86 valence electrons. The molecule has 1 rings (SSSR count). The Balaban J connectivity index is 3.40. The van der Waals surface area contributed by atoms with Crippen LogP contribution in [0.25, 0.3) is 0 Å². The van der Waals surface area contributed by atoms with Crippen LogP contribution in [0.5, 0.6) is 0 Å². The van der Waals surface area contributed by atoms with Crippen LogP contribution >= 0.6 is 15.9 Å². The Morgan fingerprint density at radius 1 is 1.62 bits per heavy atom. The van der Waals surface area contributed by atoms with Crippen LogP contribution in [0.1, 0.15) is 15.9 Å². The summed E-state index contributed by atoms with van der Waals surface area (Å²) >= 11 is 3.03. The first-order valence-electron chi connectivity index (χ1n) is 4.12. The predicted octanol–water partition coefficient (Wildman–Crippen LogP) is 2.42. The molecule has 0 radical (unpaired) electrons. The highest BCUT2D eigenvalue weighted by Crippen LogP contribution is 2.24. The largest absolute Gasteiger partial charge is 0.465 e. The van der Waals surface area contributed by atoms with Crippen molar-refractivity contribution in [2.24, 2.45) is 0 Å². The van der Waals surface area contributed by atoms with E-state index in [1.807, 2.05) is 0 Å². The van der Waals surface area contributed by atoms with Crippen molar-refractivity contribution >= 4 is 27.6 Å². The maximum atomic E-state index is 13.5. The van der Waals surface area contributed by atoms with Crippen molar-refractivity contribution in [3.8, 4) is 0 Å². The Kier molecular flexibility index (Phi) is 3.94. The molecule has 0 saturated carbocycles. The SMILES string of the molecule is COC(=O)c1c(F)cc([N+](=O)[O-])cc1CBr. The first-order chi connectivity index (χ1) is 7.51. The van der Waals surface area contributed by atoms with Gasteiger partial charge in [0.2, 0.25) is 0 Å². The van der Waals surface area contributed by atoms with Crippen molar-refractivity contribution in [1.82, 2.24) is 0 Å². The summed E-state index contributed by atoms with van der Waals surface area (Å²) in [4.78, 5) is 21.0. The molecule has 16 heavy (non-hydrogen) atoms. The van der Waals surface area contributed by atoms with E-state index in [4.69, 9.17) is 0 Å². The van der Waals surface area contributed by atoms with Gasteiger partial charge in [0.25, 0.3) is 5.69 Å². The number of non-ortho nitro benzene ring substituents is 1. The second kappa shape index (κ2) is 5.02. The number of methoxy groups -OCH3 is 1. The van der Waals surface area contributed by atoms with E-state index < -0.39 is 22.4 Å². The van der Waals surface area contributed by atoms with Crippen LogP contribution in [-0.4, -0.2) is 18.0 Å². The lowest BCUT2D eigenvalue weighted by Gasteiger charge is -2.06. The molecule has 0 saturated heterocycles. The molecule has 0 N–H and O–H groups in total. The number of hydrogen-bond acceptors (Lipinski definition) is 4. The maximum Gasteiger partial charge on any atom is 0.341 e. The molecule has 0 heterocycles. The molecule has 0 unspecified atom stereocenters. The zero-order chi connectivity index (χ0) is 12.3. The fraction of sp³-hybridized carbons (Fsp3) is 0.222. The molecular formula is C9H7BrFNO4. The molecule has 5 nitrogen and oxygen atoms in total. The van der Waals surface area contributed by atoms with E-state index in [0.29, 0.717) is 6.07 Å². The maximum absolute atomic E-state index is 13.5. The van der Waals surface area contributed by atoms with Crippen LogP contribution in [0.4, 0.5) is 10.1 Å². The van der Waals surface area contributed by atoms with Gasteiger partial charge in [-0.25, -0.2) is 9.18 Å². The molecule has 0 aliphatic carbocycles. The Hall–Kier alpha value is -1.50. The Morgan fingerprint density at radius 3 is 2.69 bits per heavy atom. The highest BCUT2D eigenvalue weighted by atomic mass is 79.9. The third-order valence-corrected chi connectivity index (χ3v) is 2.51. The van der Waals surface area contributed by atoms with Crippen LogP contribution in [0, 0.1) is 15.9 Å². The van der Waals surface area contributed by atoms with Gasteiger partial charge in [-0.05, 0) is 5.56 Å². The molecule has 0 fully saturated rings. The van der Waals surface area contributed by atoms with Crippen LogP contribution in [0.3, 0.4) is 0 Å². The van der Waals surface area contributed by atoms with Gasteiger partial charge in [-0.3, -0.25) is 10.1 Å². The third kappa shape index (κ3) is 2.35. The van der Waals surface area contributed by atoms with Gasteiger partial charge >= 0.3 is 5.97 Å². The number of nitrogens with zero attached hydrogens (tertiary/aromatic N) is 1. The number of alkyl halides is 1. The van der Waals surface area contributed by atoms with Gasteiger partial charge in [-0.2, -0.15) is 0 Å². The average molecular weight is 292 g/mol. The zero-order valence-electron chi connectivity index (χ0n) is 8.20. The topological polar surface area (TPSA) is 69.4 Å². The summed E-state index contributed by atoms with van der Waals surface area (Å²) in [6.07, 6.45) is 0. The molecule has 0 spiro atoms. The second-order valence-corrected chi connectivity index (χ2v) is 3.40. The second-order valence-electron chi connectivity index (χ2n) is 2.84. The van der Waals surface area contributed by atoms with Gasteiger partial charge in [-0.15, -0.1) is 0 Å². The van der Waals surface area contributed by atoms with Crippen molar-refractivity contribution in [2.45, 2.75) is 5.33 Å². The molecule has 1 aromatic rings. The summed E-state index contributed by atoms with van der Waals surface area (Å²) in [6.45, 7) is 0. The summed E-state index contributed by atoms with van der Waals surface area (Å²) in [7, 11) is 1.11. The van der Waals surface area contributed by atoms with Crippen LogP contribution in [0.15, 0.2) is 12.1 Å². The number of nitro groups is 1. The molecule has 0 bridgehead atoms. The van der Waals surface area contributed by atoms with E-state index in [2.05, 4.69) is 20.7 Å². The Labute approximate surface area is 98.5 Å². The lowest BCUT2D eigenvalue weighted by molar-refractivity contribution is -0.385. The highest BCUT2D eigenvalue weighted by Gasteiger charge is 2.21. The molecular weight excluding hydrogens is 285 g/mol. The summed E-state index contributed by atoms with van der Waals surface area (Å²) < 4.78 is 17.9. The van der Waals surface area contributed by atoms with Gasteiger partial charge in [-0.1, -0.05) is 15.9 Å². The average Bonchev–Trinajstić information content (AvgIpc) is 2.26. The minimum Gasteiger partial charge on any atom is -0.465 e. The first kappa shape index (κ1) is 12.6. The summed E-state index contributed by atoms with van der Waals surface area (Å²) in [5.74, 6) is -1.82. The van der Waals surface area contributed by atoms with Crippen LogP contribution in [-0.2, 0) is 10.1 Å². The van der Waals surface area contributed by atoms with E-state index >= 15 is 0 Å². The van der Waals surface area contributed by atoms with Gasteiger partial charge in [0.05, 0.1) is 23.7 Å². The first-order valence-corrected chi connectivity index (χ1v) is 5.24. The zero-order valence-corrected chi connectivity index (χ0v) is 9.78. The van der Waals surface area contributed by atoms with E-state index in [1.165, 1.54) is 0 Å². The summed E-state index contributed by atoms with van der Waals surface area (Å²) in [6, 6.07) is 1.82. The van der Waals surface area contributed by atoms with E-state index in [-0.39, 0.29) is 16.5 Å². The number of carbonyl (C=O) groups excluding carboxylic acids is 1. The predicted molar refractivity (Wildman–Crippen MR) is 57.0 cm³/mol. The fourth-order valence-electron chi connectivity index (χ4n) is 1.19. The van der Waals surface area contributed by atoms with Crippen molar-refractivity contribution in [1.29, 1.82) is 0 Å². The third-order valence-electron chi connectivity index (χ3n) is 1.90. The molecule has 7 heteroatoms. The lowest BCUT2D eigenvalue weighted by Crippen LogP contribution is -2.09. The van der Waals surface area contributed by atoms with Gasteiger partial charge in [0.1, 0.15) is 5.82 Å². The monoisotopic (exact) mass is 291 g/mol. The number of rotatable bonds is 3. The molecule has 0 aromatic heterocycles. The smallest absolute Gasteiger partial charge is 0.341 e. The van der Waals surface area contributed by atoms with Crippen molar-refractivity contribution < 1.29 is 18.8 Å². The molecule has 1 aromatic carbocycles. The fourth-order valence-corrected chi connectivity index (χ4v) is 1.63. The number of carbonyl (C=O) groups is 1. The number of hydrogen-bond donors (Lipinski definition) is 0. The standard InChI is InChI=1S/C9H7BrFNO4/c1-16-9(13)8-5(4-10)2-6(12(14)15)3-7(8)11/h2-3H,4H2,1H3. The van der Waals surface area contributed by atoms with Gasteiger partial charge < -0.3 is 4.74 Å². The number of benzene rings is 1. The number of halogens is 2. The van der Waals surface area contributed by atoms with Crippen molar-refractivity contribution in [2.75, 3.05) is 7.11 Å². The van der Waals surface area contributed by atoms with E-state index in [1.54, 1.807) is 0 Å². The lowest BCUT2D eigenvalue weighted by atomic mass is 10.1. The number of esters is 1. The van der Waals surface area contributed by atoms with Crippen LogP contribution in [0.2, 0.25) is 0 Å². The van der Waals surface area contributed by atoms with Gasteiger partial charge in [0, 0.05) is 11.4 Å². The molecule has 0 aliphatic heterocycles. The minimum atomic E-state index is -0.963. The Bertz CT molecular complexity index is 449. The highest BCUT2D eigenvalue weighted by molar-refractivity contribution is 9.08. The normalized spacial score (nSPS) is 9.94. The van der Waals surface area contributed by atoms with Crippen molar-refractivity contribution in [3.63, 3.8) is 0 Å². The molecule has 0 aliphatic rings.